The van der Waals surface area contributed by atoms with E-state index in [1.807, 2.05) is 88.7 Å². The predicted octanol–water partition coefficient (Wildman–Crippen LogP) is 3.96. The second-order valence-electron chi connectivity index (χ2n) is 20.3. The number of aromatic nitrogens is 5. The van der Waals surface area contributed by atoms with Crippen LogP contribution in [-0.4, -0.2) is 131 Å². The van der Waals surface area contributed by atoms with E-state index in [9.17, 15) is 29.1 Å². The van der Waals surface area contributed by atoms with E-state index in [1.54, 1.807) is 23.7 Å². The Morgan fingerprint density at radius 1 is 0.853 bits per heavy atom. The van der Waals surface area contributed by atoms with Crippen LogP contribution < -0.4 is 45.9 Å². The molecule has 2 saturated heterocycles. The molecular formula is C53H62IN12O7S2-. The first kappa shape index (κ1) is 53.6. The first-order chi connectivity index (χ1) is 36.0. The monoisotopic (exact) mass is 1170 g/mol. The van der Waals surface area contributed by atoms with Gasteiger partial charge in [-0.2, -0.15) is 0 Å². The topological polar surface area (TPSA) is 237 Å². The number of aryl methyl sites for hydroxylation is 2. The summed E-state index contributed by atoms with van der Waals surface area (Å²) in [4.78, 5) is 96.4. The van der Waals surface area contributed by atoms with Crippen LogP contribution in [0.3, 0.4) is 0 Å². The van der Waals surface area contributed by atoms with Crippen molar-refractivity contribution in [2.75, 3.05) is 54.8 Å². The standard InChI is InChI=1S/C53H62IN12O7S2/c1-31-40(61-52(72)73-38-9-7-6-8-10-38)21-36(25-55-31)35-15-16-39-43(22-35)75-51(60-39)62-45(68)29-64-17-19-65(20-18-64)44-27-56-41(26-57-44)48(69)63-54-47(53(3,4)5)50(71)66-28-37(67)23-42(66)49(70)58-24-33-11-13-34(14-12-33)46-32(2)59-30-74-46/h11-16,21-22,25-27,30,37-38,42,47,67H,6-10,17-20,23-24,28-29H2,1-5H3,(H,58,70)(H,61,72)(H,63,69)(H,60,62,68)/q-1/t37-,42+,47?/m1/s1. The fourth-order valence-corrected chi connectivity index (χ4v) is 13.6. The molecule has 1 saturated carbocycles. The molecule has 19 nitrogen and oxygen atoms in total. The maximum atomic E-state index is 14.2. The number of ether oxygens (including phenoxy) is 1. The van der Waals surface area contributed by atoms with Crippen molar-refractivity contribution in [2.45, 2.75) is 102 Å². The predicted molar refractivity (Wildman–Crippen MR) is 285 cm³/mol. The Morgan fingerprint density at radius 3 is 2.32 bits per heavy atom. The molecule has 6 aromatic rings. The Hall–Kier alpha value is -6.21. The third-order valence-electron chi connectivity index (χ3n) is 13.6. The van der Waals surface area contributed by atoms with Crippen molar-refractivity contribution in [2.24, 2.45) is 5.41 Å². The molecule has 9 rings (SSSR count). The van der Waals surface area contributed by atoms with E-state index in [-0.39, 0.29) is 55.6 Å². The van der Waals surface area contributed by atoms with E-state index in [1.165, 1.54) is 28.9 Å². The number of β-amino-alcohol motifs (C(OH)–C–C–N with tert-alkyl or cyclic N) is 1. The second kappa shape index (κ2) is 23.8. The number of hydrogen-bond acceptors (Lipinski definition) is 16. The van der Waals surface area contributed by atoms with Crippen LogP contribution in [0.2, 0.25) is 0 Å². The number of carbonyl (C=O) groups excluding carboxylic acids is 5. The second-order valence-corrected chi connectivity index (χ2v) is 24.6. The van der Waals surface area contributed by atoms with Gasteiger partial charge in [0.1, 0.15) is 6.10 Å². The summed E-state index contributed by atoms with van der Waals surface area (Å²) in [6, 6.07) is 14.8. The van der Waals surface area contributed by atoms with Crippen LogP contribution in [0.15, 0.2) is 72.6 Å². The molecule has 0 spiro atoms. The Balaban J connectivity index is 0.725. The van der Waals surface area contributed by atoms with Crippen LogP contribution in [0.1, 0.15) is 86.7 Å². The van der Waals surface area contributed by atoms with Gasteiger partial charge in [-0.05, 0) is 63.3 Å². The molecule has 3 atom stereocenters. The van der Waals surface area contributed by atoms with Crippen molar-refractivity contribution in [1.29, 1.82) is 0 Å². The number of anilines is 3. The number of carbonyl (C=O) groups is 5. The Labute approximate surface area is 454 Å². The molecule has 0 radical (unpaired) electrons. The summed E-state index contributed by atoms with van der Waals surface area (Å²) in [7, 11) is 0. The van der Waals surface area contributed by atoms with Crippen LogP contribution in [0.25, 0.3) is 31.8 Å². The molecular weight excluding hydrogens is 1110 g/mol. The van der Waals surface area contributed by atoms with Gasteiger partial charge in [-0.3, -0.25) is 15.1 Å². The van der Waals surface area contributed by atoms with E-state index < -0.39 is 55.0 Å². The molecule has 5 amide bonds. The molecule has 396 valence electrons. The van der Waals surface area contributed by atoms with Crippen molar-refractivity contribution >= 4 is 79.2 Å². The van der Waals surface area contributed by atoms with E-state index in [0.29, 0.717) is 48.5 Å². The van der Waals surface area contributed by atoms with Crippen molar-refractivity contribution < 1.29 is 55.3 Å². The van der Waals surface area contributed by atoms with Gasteiger partial charge in [0, 0.05) is 11.8 Å². The fraction of sp³-hybridized carbons (Fsp3) is 0.434. The molecule has 1 aliphatic carbocycles. The van der Waals surface area contributed by atoms with Crippen LogP contribution in [0.4, 0.5) is 21.4 Å². The van der Waals surface area contributed by atoms with Crippen LogP contribution in [0.5, 0.6) is 0 Å². The number of amides is 5. The van der Waals surface area contributed by atoms with Crippen molar-refractivity contribution in [3.8, 4) is 21.6 Å². The molecule has 0 bridgehead atoms. The number of halogens is 1. The number of fused-ring (bicyclic) bond motifs is 1. The number of thiazole rings is 2. The van der Waals surface area contributed by atoms with Gasteiger partial charge < -0.3 is 10.1 Å². The Bertz CT molecular complexity index is 3030. The maximum absolute atomic E-state index is 14.2. The van der Waals surface area contributed by atoms with Crippen molar-refractivity contribution in [1.82, 2.24) is 43.6 Å². The van der Waals surface area contributed by atoms with Gasteiger partial charge in [0.05, 0.1) is 32.8 Å². The van der Waals surface area contributed by atoms with Gasteiger partial charge in [0.2, 0.25) is 0 Å². The number of hydrogen-bond donors (Lipinski definition) is 5. The van der Waals surface area contributed by atoms with Crippen LogP contribution in [-0.2, 0) is 25.7 Å². The number of benzene rings is 2. The average Bonchev–Trinajstić information content (AvgIpc) is 4.14. The van der Waals surface area contributed by atoms with Crippen LogP contribution in [0, 0.1) is 19.3 Å². The number of likely N-dealkylation sites (tertiary alicyclic amines) is 1. The fourth-order valence-electron chi connectivity index (χ4n) is 9.39. The first-order valence-electron chi connectivity index (χ1n) is 25.2. The SMILES string of the molecule is Cc1ncc(-c2ccc3nc(NC(=O)CN4CCN(c5cnc(C(=O)N[I-]C(C(=O)N6C[C@H](O)C[C@H]6C(=O)NCc6ccc(-c7scnc7C)cc6)C(C)(C)C)cn5)CC4)sc3c2)cc1NC(=O)OC1CCCCC1. The normalized spacial score (nSPS) is 17.9. The number of nitrogens with one attached hydrogen (secondary N) is 4. The number of aliphatic hydroxyl groups is 1. The molecule has 4 aromatic heterocycles. The zero-order valence-corrected chi connectivity index (χ0v) is 46.4. The summed E-state index contributed by atoms with van der Waals surface area (Å²) in [5, 5.41) is 20.0. The molecule has 3 fully saturated rings. The summed E-state index contributed by atoms with van der Waals surface area (Å²) in [6.07, 6.45) is 8.62. The molecule has 5 N–H and O–H groups in total. The third-order valence-corrected chi connectivity index (χ3v) is 19.3. The summed E-state index contributed by atoms with van der Waals surface area (Å²) < 4.78 is 8.94. The molecule has 22 heteroatoms. The summed E-state index contributed by atoms with van der Waals surface area (Å²) in [6.45, 7) is 12.5. The minimum Gasteiger partial charge on any atom is -0.446 e. The summed E-state index contributed by atoms with van der Waals surface area (Å²) >= 11 is 1.67. The molecule has 75 heavy (non-hydrogen) atoms. The van der Waals surface area contributed by atoms with E-state index >= 15 is 0 Å². The Morgan fingerprint density at radius 2 is 1.61 bits per heavy atom. The van der Waals surface area contributed by atoms with Gasteiger partial charge >= 0.3 is 263 Å². The number of nitrogens with zero attached hydrogens (tertiary/aromatic N) is 8. The number of piperazine rings is 1. The molecule has 3 aliphatic rings. The summed E-state index contributed by atoms with van der Waals surface area (Å²) in [5.41, 5.74) is 8.06. The number of rotatable bonds is 15. The molecule has 2 aromatic carbocycles. The van der Waals surface area contributed by atoms with Crippen LogP contribution >= 0.6 is 22.7 Å². The molecule has 1 unspecified atom stereocenters. The van der Waals surface area contributed by atoms with E-state index in [2.05, 4.69) is 54.2 Å². The minimum absolute atomic E-state index is 0.0294. The Kier molecular flexibility index (Phi) is 17.0. The average molecular weight is 1170 g/mol. The zero-order chi connectivity index (χ0) is 52.8. The van der Waals surface area contributed by atoms with E-state index in [0.717, 1.165) is 68.7 Å². The first-order valence-corrected chi connectivity index (χ1v) is 29.2. The van der Waals surface area contributed by atoms with Gasteiger partial charge in [-0.15, -0.1) is 11.3 Å². The summed E-state index contributed by atoms with van der Waals surface area (Å²) in [5.74, 6) is -0.631. The molecule has 2 aliphatic heterocycles. The van der Waals surface area contributed by atoms with Gasteiger partial charge in [0.25, 0.3) is 0 Å². The molecule has 6 heterocycles. The smallest absolute Gasteiger partial charge is 0.411 e. The van der Waals surface area contributed by atoms with Gasteiger partial charge in [-0.25, -0.2) is 14.8 Å². The number of pyridine rings is 1. The van der Waals surface area contributed by atoms with Gasteiger partial charge in [-0.1, -0.05) is 23.8 Å². The number of alkyl halides is 1. The number of aliphatic hydroxyl groups excluding tert-OH is 1. The van der Waals surface area contributed by atoms with Gasteiger partial charge in [0.15, 0.2) is 5.13 Å². The quantitative estimate of drug-likeness (QED) is 0.0557. The maximum Gasteiger partial charge on any atom is 0.411 e. The van der Waals surface area contributed by atoms with E-state index in [4.69, 9.17) is 4.74 Å². The van der Waals surface area contributed by atoms with Crippen molar-refractivity contribution in [3.05, 3.63) is 95.3 Å². The third kappa shape index (κ3) is 13.4. The van der Waals surface area contributed by atoms with Crippen molar-refractivity contribution in [3.63, 3.8) is 0 Å². The zero-order valence-electron chi connectivity index (χ0n) is 42.6. The largest absolute Gasteiger partial charge is 0.446 e. The minimum atomic E-state index is -1.29.